The first-order valence-electron chi connectivity index (χ1n) is 7.28. The molecule has 0 spiro atoms. The molecule has 0 aliphatic carbocycles. The molecule has 3 rings (SSSR count). The van der Waals surface area contributed by atoms with E-state index in [1.165, 1.54) is 41.5 Å². The average molecular weight is 342 g/mol. The minimum absolute atomic E-state index is 0.329. The van der Waals surface area contributed by atoms with E-state index in [4.69, 9.17) is 5.73 Å². The van der Waals surface area contributed by atoms with Gasteiger partial charge in [0.15, 0.2) is 0 Å². The molecule has 2 aromatic carbocycles. The Hall–Kier alpha value is -2.73. The second-order valence-corrected chi connectivity index (χ2v) is 6.51. The average Bonchev–Trinajstić information content (AvgIpc) is 2.98. The lowest BCUT2D eigenvalue weighted by atomic mass is 10.0. The Morgan fingerprint density at radius 2 is 1.88 bits per heavy atom. The van der Waals surface area contributed by atoms with Crippen LogP contribution in [0, 0.1) is 5.82 Å². The van der Waals surface area contributed by atoms with E-state index >= 15 is 0 Å². The molecular formula is C18H15FN2O2S. The van der Waals surface area contributed by atoms with E-state index in [9.17, 15) is 14.0 Å². The zero-order valence-electron chi connectivity index (χ0n) is 12.9. The molecule has 122 valence electrons. The van der Waals surface area contributed by atoms with Gasteiger partial charge >= 0.3 is 0 Å². The number of carbonyl (C=O) groups excluding carboxylic acids is 2. The maximum absolute atomic E-state index is 13.5. The number of rotatable bonds is 4. The number of nitrogens with two attached hydrogens (primary N) is 1. The zero-order chi connectivity index (χ0) is 17.3. The summed E-state index contributed by atoms with van der Waals surface area (Å²) in [5.74, 6) is -1.52. The van der Waals surface area contributed by atoms with Gasteiger partial charge < -0.3 is 10.6 Å². The van der Waals surface area contributed by atoms with Gasteiger partial charge in [0.25, 0.3) is 5.91 Å². The van der Waals surface area contributed by atoms with E-state index in [0.717, 1.165) is 10.1 Å². The summed E-state index contributed by atoms with van der Waals surface area (Å²) in [5, 5.41) is 0.959. The summed E-state index contributed by atoms with van der Waals surface area (Å²) in [4.78, 5) is 26.4. The molecule has 0 saturated heterocycles. The molecule has 0 aliphatic rings. The first-order valence-corrected chi connectivity index (χ1v) is 8.09. The summed E-state index contributed by atoms with van der Waals surface area (Å²) < 4.78 is 14.4. The molecule has 0 aliphatic heterocycles. The molecule has 1 heterocycles. The van der Waals surface area contributed by atoms with Gasteiger partial charge in [-0.25, -0.2) is 4.39 Å². The van der Waals surface area contributed by atoms with Gasteiger partial charge in [-0.2, -0.15) is 0 Å². The minimum atomic E-state index is -1.03. The second-order valence-electron chi connectivity index (χ2n) is 5.42. The molecule has 6 heteroatoms. The van der Waals surface area contributed by atoms with Crippen molar-refractivity contribution in [1.29, 1.82) is 0 Å². The van der Waals surface area contributed by atoms with Crippen molar-refractivity contribution < 1.29 is 14.0 Å². The van der Waals surface area contributed by atoms with Crippen molar-refractivity contribution in [3.63, 3.8) is 0 Å². The molecule has 0 bridgehead atoms. The van der Waals surface area contributed by atoms with Crippen molar-refractivity contribution in [2.45, 2.75) is 6.04 Å². The predicted octanol–water partition coefficient (Wildman–Crippen LogP) is 3.34. The third-order valence-corrected chi connectivity index (χ3v) is 4.88. The Balaban J connectivity index is 1.96. The largest absolute Gasteiger partial charge is 0.368 e. The fourth-order valence-corrected chi connectivity index (χ4v) is 3.68. The summed E-state index contributed by atoms with van der Waals surface area (Å²) >= 11 is 1.34. The SMILES string of the molecule is CN(C(=O)c1cc2ccccc2s1)[C@H](C(N)=O)c1cccc(F)c1. The monoisotopic (exact) mass is 342 g/mol. The molecule has 0 fully saturated rings. The van der Waals surface area contributed by atoms with Crippen LogP contribution >= 0.6 is 11.3 Å². The number of thiophene rings is 1. The van der Waals surface area contributed by atoms with Crippen LogP contribution in [0.1, 0.15) is 21.3 Å². The van der Waals surface area contributed by atoms with Gasteiger partial charge in [-0.3, -0.25) is 9.59 Å². The molecule has 1 aromatic heterocycles. The van der Waals surface area contributed by atoms with Gasteiger partial charge in [-0.15, -0.1) is 11.3 Å². The summed E-state index contributed by atoms with van der Waals surface area (Å²) in [5.41, 5.74) is 5.81. The summed E-state index contributed by atoms with van der Waals surface area (Å²) in [7, 11) is 1.49. The number of benzene rings is 2. The van der Waals surface area contributed by atoms with Crippen molar-refractivity contribution in [2.75, 3.05) is 7.05 Å². The minimum Gasteiger partial charge on any atom is -0.368 e. The van der Waals surface area contributed by atoms with Crippen molar-refractivity contribution in [2.24, 2.45) is 5.73 Å². The lowest BCUT2D eigenvalue weighted by molar-refractivity contribution is -0.122. The molecule has 1 atom stereocenters. The second kappa shape index (κ2) is 6.41. The maximum Gasteiger partial charge on any atom is 0.264 e. The van der Waals surface area contributed by atoms with E-state index in [0.29, 0.717) is 10.4 Å². The molecular weight excluding hydrogens is 327 g/mol. The fourth-order valence-electron chi connectivity index (χ4n) is 2.63. The normalized spacial score (nSPS) is 12.1. The van der Waals surface area contributed by atoms with Crippen molar-refractivity contribution in [3.05, 3.63) is 70.9 Å². The first kappa shape index (κ1) is 16.1. The highest BCUT2D eigenvalue weighted by atomic mass is 32.1. The number of likely N-dealkylation sites (N-methyl/N-ethyl adjacent to an activating group) is 1. The number of carbonyl (C=O) groups is 2. The Kier molecular flexibility index (Phi) is 4.31. The summed E-state index contributed by atoms with van der Waals surface area (Å²) in [6.45, 7) is 0. The molecule has 3 aromatic rings. The summed E-state index contributed by atoms with van der Waals surface area (Å²) in [6.07, 6.45) is 0. The number of amides is 2. The topological polar surface area (TPSA) is 63.4 Å². The standard InChI is InChI=1S/C18H15FN2O2S/c1-21(16(17(20)22)12-6-4-7-13(19)9-12)18(23)15-10-11-5-2-3-8-14(11)24-15/h2-10,16H,1H3,(H2,20,22)/t16-/m0/s1. The predicted molar refractivity (Wildman–Crippen MR) is 92.3 cm³/mol. The van der Waals surface area contributed by atoms with E-state index < -0.39 is 17.8 Å². The Morgan fingerprint density at radius 3 is 2.54 bits per heavy atom. The van der Waals surface area contributed by atoms with Crippen LogP contribution in [-0.2, 0) is 4.79 Å². The van der Waals surface area contributed by atoms with E-state index in [1.807, 2.05) is 24.3 Å². The smallest absolute Gasteiger partial charge is 0.264 e. The van der Waals surface area contributed by atoms with E-state index in [1.54, 1.807) is 12.1 Å². The molecule has 0 unspecified atom stereocenters. The van der Waals surface area contributed by atoms with Crippen molar-refractivity contribution in [1.82, 2.24) is 4.90 Å². The third kappa shape index (κ3) is 3.00. The summed E-state index contributed by atoms with van der Waals surface area (Å²) in [6, 6.07) is 13.9. The van der Waals surface area contributed by atoms with Crippen LogP contribution in [0.2, 0.25) is 0 Å². The van der Waals surface area contributed by atoms with Gasteiger partial charge in [0.05, 0.1) is 4.88 Å². The van der Waals surface area contributed by atoms with Gasteiger partial charge in [-0.1, -0.05) is 30.3 Å². The number of hydrogen-bond donors (Lipinski definition) is 1. The third-order valence-electron chi connectivity index (χ3n) is 3.78. The number of primary amides is 1. The van der Waals surface area contributed by atoms with Crippen molar-refractivity contribution >= 4 is 33.2 Å². The maximum atomic E-state index is 13.5. The molecule has 0 radical (unpaired) electrons. The highest BCUT2D eigenvalue weighted by Gasteiger charge is 2.28. The number of halogens is 1. The van der Waals surface area contributed by atoms with Crippen LogP contribution in [0.5, 0.6) is 0 Å². The van der Waals surface area contributed by atoms with Crippen LogP contribution in [0.25, 0.3) is 10.1 Å². The van der Waals surface area contributed by atoms with Crippen LogP contribution in [0.15, 0.2) is 54.6 Å². The highest BCUT2D eigenvalue weighted by molar-refractivity contribution is 7.20. The molecule has 2 N–H and O–H groups in total. The lowest BCUT2D eigenvalue weighted by Crippen LogP contribution is -2.38. The van der Waals surface area contributed by atoms with E-state index in [-0.39, 0.29) is 5.91 Å². The van der Waals surface area contributed by atoms with Crippen molar-refractivity contribution in [3.8, 4) is 0 Å². The highest BCUT2D eigenvalue weighted by Crippen LogP contribution is 2.28. The Morgan fingerprint density at radius 1 is 1.12 bits per heavy atom. The number of hydrogen-bond acceptors (Lipinski definition) is 3. The van der Waals surface area contributed by atoms with Crippen LogP contribution < -0.4 is 5.73 Å². The zero-order valence-corrected chi connectivity index (χ0v) is 13.7. The molecule has 24 heavy (non-hydrogen) atoms. The van der Waals surface area contributed by atoms with Gasteiger partial charge in [-0.05, 0) is 35.2 Å². The Bertz CT molecular complexity index is 889. The van der Waals surface area contributed by atoms with Gasteiger partial charge in [0.2, 0.25) is 5.91 Å². The quantitative estimate of drug-likeness (QED) is 0.790. The Labute approximate surface area is 142 Å². The fraction of sp³-hybridized carbons (Fsp3) is 0.111. The van der Waals surface area contributed by atoms with Crippen LogP contribution in [-0.4, -0.2) is 23.8 Å². The lowest BCUT2D eigenvalue weighted by Gasteiger charge is -2.25. The van der Waals surface area contributed by atoms with Crippen LogP contribution in [0.3, 0.4) is 0 Å². The van der Waals surface area contributed by atoms with Gasteiger partial charge in [0, 0.05) is 11.7 Å². The molecule has 4 nitrogen and oxygen atoms in total. The number of nitrogens with zero attached hydrogens (tertiary/aromatic N) is 1. The first-order chi connectivity index (χ1) is 11.5. The molecule has 2 amide bonds. The van der Waals surface area contributed by atoms with Gasteiger partial charge in [0.1, 0.15) is 11.9 Å². The molecule has 0 saturated carbocycles. The van der Waals surface area contributed by atoms with E-state index in [2.05, 4.69) is 0 Å². The van der Waals surface area contributed by atoms with Crippen LogP contribution in [0.4, 0.5) is 4.39 Å². The number of fused-ring (bicyclic) bond motifs is 1.